The zero-order valence-electron chi connectivity index (χ0n) is 18.3. The van der Waals surface area contributed by atoms with E-state index in [0.717, 1.165) is 49.3 Å². The zero-order chi connectivity index (χ0) is 20.3. The van der Waals surface area contributed by atoms with Crippen LogP contribution in [0.4, 0.5) is 0 Å². The maximum Gasteiger partial charge on any atom is 0.216 e. The summed E-state index contributed by atoms with van der Waals surface area (Å²) in [7, 11) is 0. The second-order valence-electron chi connectivity index (χ2n) is 8.67. The molecule has 3 heterocycles. The normalized spacial score (nSPS) is 17.1. The fraction of sp³-hybridized carbons (Fsp3) is 0.700. The molecule has 29 heavy (non-hydrogen) atoms. The van der Waals surface area contributed by atoms with E-state index in [0.29, 0.717) is 18.4 Å². The molecule has 0 saturated carbocycles. The van der Waals surface area contributed by atoms with Crippen LogP contribution in [0, 0.1) is 0 Å². The minimum atomic E-state index is -0.0514. The lowest BCUT2D eigenvalue weighted by Crippen LogP contribution is -2.47. The van der Waals surface area contributed by atoms with Gasteiger partial charge in [0.05, 0.1) is 12.7 Å². The van der Waals surface area contributed by atoms with E-state index >= 15 is 0 Å². The van der Waals surface area contributed by atoms with Gasteiger partial charge < -0.3 is 15.1 Å². The third-order valence-electron chi connectivity index (χ3n) is 4.74. The van der Waals surface area contributed by atoms with Crippen LogP contribution in [-0.4, -0.2) is 38.3 Å². The number of halogens is 1. The third-order valence-corrected chi connectivity index (χ3v) is 4.74. The van der Waals surface area contributed by atoms with Gasteiger partial charge in [0.2, 0.25) is 5.89 Å². The second kappa shape index (κ2) is 9.90. The Labute approximate surface area is 190 Å². The molecule has 2 aromatic rings. The first-order valence-electron chi connectivity index (χ1n) is 10.2. The van der Waals surface area contributed by atoms with Crippen molar-refractivity contribution in [2.75, 3.05) is 6.54 Å². The molecule has 1 aliphatic heterocycles. The van der Waals surface area contributed by atoms with E-state index < -0.39 is 0 Å². The van der Waals surface area contributed by atoms with Crippen molar-refractivity contribution in [3.05, 3.63) is 29.5 Å². The van der Waals surface area contributed by atoms with E-state index in [1.54, 1.807) is 6.20 Å². The molecule has 1 unspecified atom stereocenters. The summed E-state index contributed by atoms with van der Waals surface area (Å²) in [5, 5.41) is 11.5. The Bertz CT molecular complexity index is 819. The summed E-state index contributed by atoms with van der Waals surface area (Å²) in [6.07, 6.45) is 3.73. The minimum Gasteiger partial charge on any atom is -0.443 e. The molecule has 0 bridgehead atoms. The van der Waals surface area contributed by atoms with Crippen molar-refractivity contribution in [2.24, 2.45) is 4.99 Å². The summed E-state index contributed by atoms with van der Waals surface area (Å²) in [5.41, 5.74) is -0.0514. The van der Waals surface area contributed by atoms with Gasteiger partial charge in [0.1, 0.15) is 18.1 Å². The van der Waals surface area contributed by atoms with Crippen LogP contribution in [0.5, 0.6) is 0 Å². The van der Waals surface area contributed by atoms with Crippen LogP contribution in [-0.2, 0) is 24.9 Å². The van der Waals surface area contributed by atoms with E-state index in [1.165, 1.54) is 0 Å². The Hall–Kier alpha value is -1.65. The average Bonchev–Trinajstić information content (AvgIpc) is 3.26. The number of guanidine groups is 1. The molecule has 0 fully saturated rings. The summed E-state index contributed by atoms with van der Waals surface area (Å²) in [4.78, 5) is 13.7. The molecular weight excluding hydrogens is 481 g/mol. The summed E-state index contributed by atoms with van der Waals surface area (Å²) in [6.45, 7) is 14.6. The maximum atomic E-state index is 5.84. The smallest absolute Gasteiger partial charge is 0.216 e. The van der Waals surface area contributed by atoms with Crippen molar-refractivity contribution in [3.8, 4) is 0 Å². The molecular formula is C20H34IN7O. The van der Waals surface area contributed by atoms with Gasteiger partial charge in [0, 0.05) is 30.3 Å². The van der Waals surface area contributed by atoms with Crippen LogP contribution in [0.15, 0.2) is 15.6 Å². The van der Waals surface area contributed by atoms with Crippen molar-refractivity contribution < 1.29 is 4.42 Å². The van der Waals surface area contributed by atoms with Crippen LogP contribution in [0.25, 0.3) is 0 Å². The molecule has 0 aromatic carbocycles. The summed E-state index contributed by atoms with van der Waals surface area (Å²) < 4.78 is 7.87. The van der Waals surface area contributed by atoms with Gasteiger partial charge in [-0.25, -0.2) is 19.6 Å². The Morgan fingerprint density at radius 2 is 2.14 bits per heavy atom. The van der Waals surface area contributed by atoms with E-state index in [1.807, 2.05) is 4.68 Å². The topological polar surface area (TPSA) is 93.2 Å². The number of aliphatic imine (C=N–C) groups is 1. The van der Waals surface area contributed by atoms with Crippen LogP contribution in [0.2, 0.25) is 0 Å². The van der Waals surface area contributed by atoms with E-state index in [9.17, 15) is 0 Å². The summed E-state index contributed by atoms with van der Waals surface area (Å²) in [5.74, 6) is 4.64. The van der Waals surface area contributed by atoms with Gasteiger partial charge in [-0.3, -0.25) is 0 Å². The number of nitrogens with one attached hydrogen (secondary N) is 2. The Balaban J connectivity index is 0.00000300. The number of aryl methyl sites for hydroxylation is 1. The Kier molecular flexibility index (Phi) is 8.07. The number of fused-ring (bicyclic) bond motifs is 1. The quantitative estimate of drug-likeness (QED) is 0.361. The Morgan fingerprint density at radius 1 is 1.38 bits per heavy atom. The van der Waals surface area contributed by atoms with E-state index in [2.05, 4.69) is 72.2 Å². The lowest BCUT2D eigenvalue weighted by molar-refractivity contribution is 0.381. The minimum absolute atomic E-state index is 0. The van der Waals surface area contributed by atoms with Gasteiger partial charge in [-0.05, 0) is 13.3 Å². The van der Waals surface area contributed by atoms with Gasteiger partial charge >= 0.3 is 0 Å². The highest BCUT2D eigenvalue weighted by Crippen LogP contribution is 2.23. The van der Waals surface area contributed by atoms with Crippen molar-refractivity contribution in [1.29, 1.82) is 0 Å². The van der Waals surface area contributed by atoms with Crippen molar-refractivity contribution in [3.63, 3.8) is 0 Å². The number of nitrogens with zero attached hydrogens (tertiary/aromatic N) is 5. The Morgan fingerprint density at radius 3 is 2.76 bits per heavy atom. The fourth-order valence-corrected chi connectivity index (χ4v) is 3.08. The van der Waals surface area contributed by atoms with E-state index in [4.69, 9.17) is 4.42 Å². The maximum absolute atomic E-state index is 5.84. The SMILES string of the molecule is CCNC(=NCc1ncc(C(C)(C)C)o1)NC1CCc2nc(C(C)C)nn2C1.I. The van der Waals surface area contributed by atoms with Crippen molar-refractivity contribution in [2.45, 2.75) is 84.8 Å². The molecule has 3 rings (SSSR count). The first-order chi connectivity index (χ1) is 13.3. The predicted molar refractivity (Wildman–Crippen MR) is 125 cm³/mol. The van der Waals surface area contributed by atoms with Gasteiger partial charge in [0.25, 0.3) is 0 Å². The van der Waals surface area contributed by atoms with Crippen LogP contribution >= 0.6 is 24.0 Å². The molecule has 0 radical (unpaired) electrons. The first kappa shape index (κ1) is 23.6. The molecule has 0 spiro atoms. The van der Waals surface area contributed by atoms with Gasteiger partial charge in [-0.15, -0.1) is 24.0 Å². The van der Waals surface area contributed by atoms with Gasteiger partial charge in [0.15, 0.2) is 11.8 Å². The van der Waals surface area contributed by atoms with Crippen LogP contribution in [0.1, 0.15) is 77.2 Å². The van der Waals surface area contributed by atoms with E-state index in [-0.39, 0.29) is 35.4 Å². The number of hydrogen-bond donors (Lipinski definition) is 2. The molecule has 0 saturated heterocycles. The highest BCUT2D eigenvalue weighted by Gasteiger charge is 2.23. The van der Waals surface area contributed by atoms with Crippen LogP contribution < -0.4 is 10.6 Å². The van der Waals surface area contributed by atoms with Crippen molar-refractivity contribution in [1.82, 2.24) is 30.4 Å². The molecule has 1 atom stereocenters. The predicted octanol–water partition coefficient (Wildman–Crippen LogP) is 3.38. The van der Waals surface area contributed by atoms with Gasteiger partial charge in [-0.2, -0.15) is 5.10 Å². The third kappa shape index (κ3) is 6.16. The lowest BCUT2D eigenvalue weighted by atomic mass is 9.94. The molecule has 162 valence electrons. The molecule has 2 aromatic heterocycles. The van der Waals surface area contributed by atoms with Gasteiger partial charge in [-0.1, -0.05) is 34.6 Å². The monoisotopic (exact) mass is 515 g/mol. The summed E-state index contributed by atoms with van der Waals surface area (Å²) >= 11 is 0. The van der Waals surface area contributed by atoms with Crippen molar-refractivity contribution >= 4 is 29.9 Å². The highest BCUT2D eigenvalue weighted by molar-refractivity contribution is 14.0. The van der Waals surface area contributed by atoms with Crippen LogP contribution in [0.3, 0.4) is 0 Å². The number of rotatable bonds is 5. The lowest BCUT2D eigenvalue weighted by Gasteiger charge is -2.25. The standard InChI is InChI=1S/C20H33N7O.HI/c1-7-21-19(23-11-17-22-10-15(28-17)20(4,5)6)24-14-8-9-16-25-18(13(2)3)26-27(16)12-14;/h10,13-14H,7-9,11-12H2,1-6H3,(H2,21,23,24);1H. The highest BCUT2D eigenvalue weighted by atomic mass is 127. The molecule has 9 heteroatoms. The molecule has 8 nitrogen and oxygen atoms in total. The summed E-state index contributed by atoms with van der Waals surface area (Å²) in [6, 6.07) is 0.265. The largest absolute Gasteiger partial charge is 0.443 e. The number of aromatic nitrogens is 4. The molecule has 2 N–H and O–H groups in total. The average molecular weight is 515 g/mol. The number of oxazole rings is 1. The first-order valence-corrected chi connectivity index (χ1v) is 10.2. The zero-order valence-corrected chi connectivity index (χ0v) is 20.7. The number of hydrogen-bond acceptors (Lipinski definition) is 5. The molecule has 1 aliphatic rings. The second-order valence-corrected chi connectivity index (χ2v) is 8.67. The molecule has 0 aliphatic carbocycles. The fourth-order valence-electron chi connectivity index (χ4n) is 3.08. The molecule has 0 amide bonds.